The number of aromatic hydroxyl groups is 1. The molecule has 1 aliphatic heterocycles. The quantitative estimate of drug-likeness (QED) is 0.820. The molecule has 0 aromatic heterocycles. The standard InChI is InChI=1S/C14H17NO6/c16-11-3-1-2-4-12(11)21-9-13(17)15-5-6-20-8-10(15)7-14(18)19/h1-4,10,16H,5-9H2,(H,18,19). The Bertz CT molecular complexity index is 518. The topological polar surface area (TPSA) is 96.3 Å². The third kappa shape index (κ3) is 4.09. The number of phenols is 1. The van der Waals surface area contributed by atoms with E-state index in [-0.39, 0.29) is 37.0 Å². The van der Waals surface area contributed by atoms with Gasteiger partial charge in [-0.3, -0.25) is 9.59 Å². The van der Waals surface area contributed by atoms with E-state index in [4.69, 9.17) is 14.6 Å². The Morgan fingerprint density at radius 3 is 2.86 bits per heavy atom. The van der Waals surface area contributed by atoms with E-state index in [1.807, 2.05) is 0 Å². The summed E-state index contributed by atoms with van der Waals surface area (Å²) >= 11 is 0. The third-order valence-corrected chi connectivity index (χ3v) is 3.17. The van der Waals surface area contributed by atoms with Gasteiger partial charge in [-0.1, -0.05) is 12.1 Å². The highest BCUT2D eigenvalue weighted by Gasteiger charge is 2.29. The van der Waals surface area contributed by atoms with Crippen molar-refractivity contribution in [2.45, 2.75) is 12.5 Å². The molecule has 0 aliphatic carbocycles. The van der Waals surface area contributed by atoms with Crippen molar-refractivity contribution in [3.05, 3.63) is 24.3 Å². The lowest BCUT2D eigenvalue weighted by molar-refractivity contribution is -0.147. The van der Waals surface area contributed by atoms with E-state index >= 15 is 0 Å². The van der Waals surface area contributed by atoms with Crippen molar-refractivity contribution in [3.63, 3.8) is 0 Å². The van der Waals surface area contributed by atoms with Crippen molar-refractivity contribution in [1.29, 1.82) is 0 Å². The van der Waals surface area contributed by atoms with Gasteiger partial charge in [0.15, 0.2) is 18.1 Å². The molecule has 0 saturated carbocycles. The summed E-state index contributed by atoms with van der Waals surface area (Å²) < 4.78 is 10.5. The van der Waals surface area contributed by atoms with Crippen LogP contribution >= 0.6 is 0 Å². The molecule has 1 unspecified atom stereocenters. The molecule has 114 valence electrons. The predicted octanol–water partition coefficient (Wildman–Crippen LogP) is 0.473. The number of aliphatic carboxylic acids is 1. The molecule has 0 bridgehead atoms. The van der Waals surface area contributed by atoms with Crippen molar-refractivity contribution in [2.24, 2.45) is 0 Å². The monoisotopic (exact) mass is 295 g/mol. The normalized spacial score (nSPS) is 18.3. The Kier molecular flexibility index (Phi) is 4.99. The molecule has 1 amide bonds. The summed E-state index contributed by atoms with van der Waals surface area (Å²) in [6.07, 6.45) is -0.164. The molecule has 0 spiro atoms. The second kappa shape index (κ2) is 6.94. The first-order chi connectivity index (χ1) is 10.1. The number of amides is 1. The smallest absolute Gasteiger partial charge is 0.305 e. The maximum atomic E-state index is 12.1. The van der Waals surface area contributed by atoms with Gasteiger partial charge >= 0.3 is 5.97 Å². The molecule has 2 N–H and O–H groups in total. The van der Waals surface area contributed by atoms with Crippen LogP contribution in [0.1, 0.15) is 6.42 Å². The summed E-state index contributed by atoms with van der Waals surface area (Å²) in [6.45, 7) is 0.654. The minimum atomic E-state index is -0.982. The minimum Gasteiger partial charge on any atom is -0.504 e. The molecule has 2 rings (SSSR count). The maximum absolute atomic E-state index is 12.1. The molecular weight excluding hydrogens is 278 g/mol. The number of hydrogen-bond donors (Lipinski definition) is 2. The van der Waals surface area contributed by atoms with Crippen molar-refractivity contribution in [3.8, 4) is 11.5 Å². The van der Waals surface area contributed by atoms with Crippen LogP contribution in [0.2, 0.25) is 0 Å². The number of carbonyl (C=O) groups excluding carboxylic acids is 1. The third-order valence-electron chi connectivity index (χ3n) is 3.17. The Morgan fingerprint density at radius 1 is 1.38 bits per heavy atom. The number of carbonyl (C=O) groups is 2. The van der Waals surface area contributed by atoms with Crippen LogP contribution in [0, 0.1) is 0 Å². The van der Waals surface area contributed by atoms with E-state index in [2.05, 4.69) is 0 Å². The van der Waals surface area contributed by atoms with Crippen molar-refractivity contribution in [1.82, 2.24) is 4.90 Å². The van der Waals surface area contributed by atoms with Crippen LogP contribution in [-0.4, -0.2) is 59.4 Å². The average molecular weight is 295 g/mol. The molecule has 1 heterocycles. The van der Waals surface area contributed by atoms with E-state index in [1.165, 1.54) is 11.0 Å². The largest absolute Gasteiger partial charge is 0.504 e. The highest BCUT2D eigenvalue weighted by Crippen LogP contribution is 2.24. The molecule has 1 aromatic rings. The number of carboxylic acids is 1. The highest BCUT2D eigenvalue weighted by molar-refractivity contribution is 5.79. The summed E-state index contributed by atoms with van der Waals surface area (Å²) in [5.74, 6) is -1.14. The highest BCUT2D eigenvalue weighted by atomic mass is 16.5. The van der Waals surface area contributed by atoms with Gasteiger partial charge in [0.05, 0.1) is 25.7 Å². The minimum absolute atomic E-state index is 0.0469. The number of benzene rings is 1. The van der Waals surface area contributed by atoms with Gasteiger partial charge in [-0.05, 0) is 12.1 Å². The lowest BCUT2D eigenvalue weighted by Crippen LogP contribution is -2.51. The van der Waals surface area contributed by atoms with E-state index in [9.17, 15) is 14.7 Å². The number of para-hydroxylation sites is 2. The fourth-order valence-electron chi connectivity index (χ4n) is 2.16. The SMILES string of the molecule is O=C(O)CC1COCCN1C(=O)COc1ccccc1O. The molecular formula is C14H17NO6. The summed E-state index contributed by atoms with van der Waals surface area (Å²) in [5.41, 5.74) is 0. The molecule has 0 radical (unpaired) electrons. The Hall–Kier alpha value is -2.28. The van der Waals surface area contributed by atoms with Crippen LogP contribution in [0.15, 0.2) is 24.3 Å². The van der Waals surface area contributed by atoms with Crippen LogP contribution in [-0.2, 0) is 14.3 Å². The molecule has 1 aromatic carbocycles. The van der Waals surface area contributed by atoms with Gasteiger partial charge in [-0.25, -0.2) is 0 Å². The number of morpholine rings is 1. The lowest BCUT2D eigenvalue weighted by atomic mass is 10.1. The van der Waals surface area contributed by atoms with Crippen molar-refractivity contribution < 1.29 is 29.3 Å². The van der Waals surface area contributed by atoms with E-state index in [1.54, 1.807) is 18.2 Å². The molecule has 1 atom stereocenters. The molecule has 1 saturated heterocycles. The van der Waals surface area contributed by atoms with E-state index in [0.717, 1.165) is 0 Å². The number of nitrogens with zero attached hydrogens (tertiary/aromatic N) is 1. The number of carboxylic acid groups (broad SMARTS) is 1. The van der Waals surface area contributed by atoms with Crippen molar-refractivity contribution in [2.75, 3.05) is 26.4 Å². The zero-order chi connectivity index (χ0) is 15.2. The summed E-state index contributed by atoms with van der Waals surface area (Å²) in [5, 5.41) is 18.4. The lowest BCUT2D eigenvalue weighted by Gasteiger charge is -2.34. The summed E-state index contributed by atoms with van der Waals surface area (Å²) in [6, 6.07) is 5.85. The van der Waals surface area contributed by atoms with Gasteiger partial charge in [0.1, 0.15) is 0 Å². The number of hydrogen-bond acceptors (Lipinski definition) is 5. The van der Waals surface area contributed by atoms with Crippen LogP contribution in [0.5, 0.6) is 11.5 Å². The average Bonchev–Trinajstić information content (AvgIpc) is 2.46. The zero-order valence-corrected chi connectivity index (χ0v) is 11.4. The molecule has 1 aliphatic rings. The van der Waals surface area contributed by atoms with Crippen LogP contribution < -0.4 is 4.74 Å². The Balaban J connectivity index is 1.94. The molecule has 7 nitrogen and oxygen atoms in total. The summed E-state index contributed by atoms with van der Waals surface area (Å²) in [7, 11) is 0. The fraction of sp³-hybridized carbons (Fsp3) is 0.429. The van der Waals surface area contributed by atoms with Crippen molar-refractivity contribution >= 4 is 11.9 Å². The second-order valence-electron chi connectivity index (χ2n) is 4.67. The van der Waals surface area contributed by atoms with Gasteiger partial charge in [0.2, 0.25) is 0 Å². The second-order valence-corrected chi connectivity index (χ2v) is 4.67. The van der Waals surface area contributed by atoms with Gasteiger partial charge in [-0.2, -0.15) is 0 Å². The van der Waals surface area contributed by atoms with Crippen LogP contribution in [0.4, 0.5) is 0 Å². The number of ether oxygens (including phenoxy) is 2. The maximum Gasteiger partial charge on any atom is 0.305 e. The van der Waals surface area contributed by atoms with E-state index in [0.29, 0.717) is 13.2 Å². The fourth-order valence-corrected chi connectivity index (χ4v) is 2.16. The zero-order valence-electron chi connectivity index (χ0n) is 11.4. The van der Waals surface area contributed by atoms with Crippen LogP contribution in [0.25, 0.3) is 0 Å². The molecule has 1 fully saturated rings. The summed E-state index contributed by atoms with van der Waals surface area (Å²) in [4.78, 5) is 24.4. The van der Waals surface area contributed by atoms with Gasteiger partial charge in [0, 0.05) is 6.54 Å². The first-order valence-corrected chi connectivity index (χ1v) is 6.57. The number of rotatable bonds is 5. The van der Waals surface area contributed by atoms with Gasteiger partial charge in [-0.15, -0.1) is 0 Å². The van der Waals surface area contributed by atoms with E-state index < -0.39 is 12.0 Å². The number of phenolic OH excluding ortho intramolecular Hbond substituents is 1. The Labute approximate surface area is 121 Å². The molecule has 7 heteroatoms. The van der Waals surface area contributed by atoms with Crippen LogP contribution in [0.3, 0.4) is 0 Å². The Morgan fingerprint density at radius 2 is 2.14 bits per heavy atom. The first kappa shape index (κ1) is 15.1. The van der Waals surface area contributed by atoms with Gasteiger partial charge < -0.3 is 24.6 Å². The van der Waals surface area contributed by atoms with Gasteiger partial charge in [0.25, 0.3) is 5.91 Å². The predicted molar refractivity (Wildman–Crippen MR) is 72.2 cm³/mol. The molecule has 21 heavy (non-hydrogen) atoms. The first-order valence-electron chi connectivity index (χ1n) is 6.57.